The molecule has 0 unspecified atom stereocenters. The van der Waals surface area contributed by atoms with Crippen molar-refractivity contribution in [3.05, 3.63) is 46.9 Å². The molecule has 0 saturated carbocycles. The third-order valence-electron chi connectivity index (χ3n) is 4.92. The van der Waals surface area contributed by atoms with Gasteiger partial charge >= 0.3 is 6.01 Å². The van der Waals surface area contributed by atoms with E-state index in [1.54, 1.807) is 13.3 Å². The topological polar surface area (TPSA) is 64.0 Å². The molecule has 1 fully saturated rings. The second-order valence-electron chi connectivity index (χ2n) is 6.50. The van der Waals surface area contributed by atoms with Gasteiger partial charge in [-0.05, 0) is 44.0 Å². The number of piperidine rings is 1. The lowest BCUT2D eigenvalue weighted by molar-refractivity contribution is 0.378. The molecule has 26 heavy (non-hydrogen) atoms. The van der Waals surface area contributed by atoms with Gasteiger partial charge in [-0.3, -0.25) is 0 Å². The van der Waals surface area contributed by atoms with E-state index in [1.807, 2.05) is 19.1 Å². The van der Waals surface area contributed by atoms with Crippen molar-refractivity contribution >= 4 is 28.5 Å². The Hall–Kier alpha value is -2.47. The summed E-state index contributed by atoms with van der Waals surface area (Å²) in [6.07, 6.45) is 3.81. The van der Waals surface area contributed by atoms with Crippen LogP contribution in [-0.2, 0) is 0 Å². The van der Waals surface area contributed by atoms with Crippen molar-refractivity contribution in [2.75, 3.05) is 25.1 Å². The van der Waals surface area contributed by atoms with E-state index < -0.39 is 0 Å². The molecule has 0 amide bonds. The van der Waals surface area contributed by atoms with Gasteiger partial charge < -0.3 is 9.64 Å². The number of ether oxygens (including phenoxy) is 1. The predicted molar refractivity (Wildman–Crippen MR) is 102 cm³/mol. The Labute approximate surface area is 157 Å². The van der Waals surface area contributed by atoms with Crippen LogP contribution in [0, 0.1) is 6.92 Å². The second kappa shape index (κ2) is 7.03. The summed E-state index contributed by atoms with van der Waals surface area (Å²) in [5.41, 5.74) is 2.82. The van der Waals surface area contributed by atoms with Crippen LogP contribution in [0.15, 0.2) is 30.5 Å². The SMILES string of the molecule is COc1nc(Cl)c(C)c(N2CCC(c3ccc4cccnc4n3)CC2)n1. The van der Waals surface area contributed by atoms with Gasteiger partial charge in [-0.1, -0.05) is 11.6 Å². The minimum absolute atomic E-state index is 0.306. The van der Waals surface area contributed by atoms with Gasteiger partial charge in [-0.15, -0.1) is 0 Å². The van der Waals surface area contributed by atoms with E-state index in [1.165, 1.54) is 0 Å². The van der Waals surface area contributed by atoms with Crippen LogP contribution in [0.2, 0.25) is 5.15 Å². The number of hydrogen-bond donors (Lipinski definition) is 0. The highest BCUT2D eigenvalue weighted by Crippen LogP contribution is 2.32. The first kappa shape index (κ1) is 17.0. The third kappa shape index (κ3) is 3.17. The van der Waals surface area contributed by atoms with Crippen LogP contribution in [0.25, 0.3) is 11.0 Å². The Bertz CT molecular complexity index is 940. The average molecular weight is 370 g/mol. The number of hydrogen-bond acceptors (Lipinski definition) is 6. The third-order valence-corrected chi connectivity index (χ3v) is 5.29. The largest absolute Gasteiger partial charge is 0.467 e. The van der Waals surface area contributed by atoms with Crippen LogP contribution < -0.4 is 9.64 Å². The molecule has 4 rings (SSSR count). The van der Waals surface area contributed by atoms with Gasteiger partial charge in [0.15, 0.2) is 5.65 Å². The van der Waals surface area contributed by atoms with Crippen LogP contribution in [0.4, 0.5) is 5.82 Å². The summed E-state index contributed by atoms with van der Waals surface area (Å²) in [7, 11) is 1.55. The Morgan fingerprint density at radius 3 is 2.69 bits per heavy atom. The molecule has 3 aromatic rings. The fourth-order valence-corrected chi connectivity index (χ4v) is 3.60. The van der Waals surface area contributed by atoms with Gasteiger partial charge in [0, 0.05) is 41.8 Å². The van der Waals surface area contributed by atoms with Crippen molar-refractivity contribution < 1.29 is 4.74 Å². The number of halogens is 1. The lowest BCUT2D eigenvalue weighted by atomic mass is 9.92. The maximum absolute atomic E-state index is 6.22. The van der Waals surface area contributed by atoms with Crippen molar-refractivity contribution in [3.8, 4) is 6.01 Å². The summed E-state index contributed by atoms with van der Waals surface area (Å²) in [4.78, 5) is 20.0. The summed E-state index contributed by atoms with van der Waals surface area (Å²) in [5.74, 6) is 1.28. The van der Waals surface area contributed by atoms with Crippen molar-refractivity contribution in [2.45, 2.75) is 25.7 Å². The highest BCUT2D eigenvalue weighted by Gasteiger charge is 2.25. The summed E-state index contributed by atoms with van der Waals surface area (Å²) in [5, 5.41) is 1.52. The molecule has 3 aromatic heterocycles. The molecule has 7 heteroatoms. The van der Waals surface area contributed by atoms with Crippen LogP contribution in [0.1, 0.15) is 30.0 Å². The molecular weight excluding hydrogens is 350 g/mol. The Balaban J connectivity index is 1.53. The standard InChI is InChI=1S/C19H20ClN5O/c1-12-16(20)23-19(26-2)24-18(12)25-10-7-13(8-11-25)15-6-5-14-4-3-9-21-17(14)22-15/h3-6,9,13H,7-8,10-11H2,1-2H3. The van der Waals surface area contributed by atoms with Crippen LogP contribution in [-0.4, -0.2) is 40.1 Å². The zero-order valence-corrected chi connectivity index (χ0v) is 15.6. The first-order valence-electron chi connectivity index (χ1n) is 8.70. The van der Waals surface area contributed by atoms with E-state index in [0.717, 1.165) is 54.0 Å². The van der Waals surface area contributed by atoms with Gasteiger partial charge in [0.1, 0.15) is 11.0 Å². The Kier molecular flexibility index (Phi) is 4.59. The highest BCUT2D eigenvalue weighted by atomic mass is 35.5. The van der Waals surface area contributed by atoms with E-state index >= 15 is 0 Å². The summed E-state index contributed by atoms with van der Waals surface area (Å²) < 4.78 is 5.16. The molecule has 0 atom stereocenters. The van der Waals surface area contributed by atoms with E-state index in [0.29, 0.717) is 17.1 Å². The van der Waals surface area contributed by atoms with Crippen molar-refractivity contribution in [2.24, 2.45) is 0 Å². The van der Waals surface area contributed by atoms with Crippen molar-refractivity contribution in [3.63, 3.8) is 0 Å². The monoisotopic (exact) mass is 369 g/mol. The molecule has 1 aliphatic rings. The van der Waals surface area contributed by atoms with Crippen LogP contribution >= 0.6 is 11.6 Å². The maximum atomic E-state index is 6.22. The summed E-state index contributed by atoms with van der Waals surface area (Å²) in [6.45, 7) is 3.73. The molecule has 0 aliphatic carbocycles. The average Bonchev–Trinajstić information content (AvgIpc) is 2.69. The number of pyridine rings is 2. The minimum atomic E-state index is 0.306. The molecule has 1 aliphatic heterocycles. The Morgan fingerprint density at radius 2 is 1.92 bits per heavy atom. The zero-order chi connectivity index (χ0) is 18.1. The fourth-order valence-electron chi connectivity index (χ4n) is 3.44. The molecule has 1 saturated heterocycles. The quantitative estimate of drug-likeness (QED) is 0.655. The first-order valence-corrected chi connectivity index (χ1v) is 9.08. The van der Waals surface area contributed by atoms with Gasteiger partial charge in [-0.2, -0.15) is 9.97 Å². The molecular formula is C19H20ClN5O. The molecule has 0 aromatic carbocycles. The molecule has 0 radical (unpaired) electrons. The van der Waals surface area contributed by atoms with Crippen LogP contribution in [0.5, 0.6) is 6.01 Å². The summed E-state index contributed by atoms with van der Waals surface area (Å²) in [6, 6.07) is 8.51. The molecule has 6 nitrogen and oxygen atoms in total. The second-order valence-corrected chi connectivity index (χ2v) is 6.86. The zero-order valence-electron chi connectivity index (χ0n) is 14.8. The van der Waals surface area contributed by atoms with E-state index in [-0.39, 0.29) is 0 Å². The van der Waals surface area contributed by atoms with Crippen molar-refractivity contribution in [1.29, 1.82) is 0 Å². The van der Waals surface area contributed by atoms with Gasteiger partial charge in [-0.25, -0.2) is 9.97 Å². The molecule has 4 heterocycles. The highest BCUT2D eigenvalue weighted by molar-refractivity contribution is 6.30. The van der Waals surface area contributed by atoms with E-state index in [2.05, 4.69) is 32.0 Å². The smallest absolute Gasteiger partial charge is 0.319 e. The molecule has 134 valence electrons. The lowest BCUT2D eigenvalue weighted by Gasteiger charge is -2.33. The number of rotatable bonds is 3. The summed E-state index contributed by atoms with van der Waals surface area (Å²) >= 11 is 6.22. The predicted octanol–water partition coefficient (Wildman–Crippen LogP) is 3.77. The molecule has 0 N–H and O–H groups in total. The van der Waals surface area contributed by atoms with E-state index in [4.69, 9.17) is 21.3 Å². The van der Waals surface area contributed by atoms with E-state index in [9.17, 15) is 0 Å². The first-order chi connectivity index (χ1) is 12.7. The normalized spacial score (nSPS) is 15.4. The number of methoxy groups -OCH3 is 1. The fraction of sp³-hybridized carbons (Fsp3) is 0.368. The van der Waals surface area contributed by atoms with Crippen LogP contribution in [0.3, 0.4) is 0 Å². The lowest BCUT2D eigenvalue weighted by Crippen LogP contribution is -2.34. The number of nitrogens with zero attached hydrogens (tertiary/aromatic N) is 5. The van der Waals surface area contributed by atoms with Crippen molar-refractivity contribution in [1.82, 2.24) is 19.9 Å². The van der Waals surface area contributed by atoms with Gasteiger partial charge in [0.05, 0.1) is 7.11 Å². The molecule has 0 bridgehead atoms. The minimum Gasteiger partial charge on any atom is -0.467 e. The van der Waals surface area contributed by atoms with Gasteiger partial charge in [0.2, 0.25) is 0 Å². The number of aromatic nitrogens is 4. The maximum Gasteiger partial charge on any atom is 0.319 e. The number of anilines is 1. The number of fused-ring (bicyclic) bond motifs is 1. The van der Waals surface area contributed by atoms with Gasteiger partial charge in [0.25, 0.3) is 0 Å². The molecule has 0 spiro atoms. The Morgan fingerprint density at radius 1 is 1.12 bits per heavy atom.